The summed E-state index contributed by atoms with van der Waals surface area (Å²) >= 11 is 0. The van der Waals surface area contributed by atoms with E-state index < -0.39 is 10.0 Å². The Labute approximate surface area is 157 Å². The van der Waals surface area contributed by atoms with Crippen molar-refractivity contribution in [2.75, 3.05) is 13.1 Å². The number of sulfonamides is 1. The lowest BCUT2D eigenvalue weighted by molar-refractivity contribution is 0.200. The van der Waals surface area contributed by atoms with Gasteiger partial charge in [0.05, 0.1) is 15.9 Å². The molecule has 1 aliphatic heterocycles. The maximum absolute atomic E-state index is 12.7. The molecule has 0 saturated carbocycles. The van der Waals surface area contributed by atoms with Gasteiger partial charge in [-0.05, 0) is 36.6 Å². The first kappa shape index (κ1) is 18.0. The smallest absolute Gasteiger partial charge is 0.306 e. The predicted molar refractivity (Wildman–Crippen MR) is 104 cm³/mol. The van der Waals surface area contributed by atoms with Crippen molar-refractivity contribution in [1.82, 2.24) is 19.6 Å². The van der Waals surface area contributed by atoms with Gasteiger partial charge in [-0.1, -0.05) is 30.3 Å². The second-order valence-electron chi connectivity index (χ2n) is 6.94. The van der Waals surface area contributed by atoms with Gasteiger partial charge in [0, 0.05) is 25.7 Å². The van der Waals surface area contributed by atoms with Crippen LogP contribution in [0.2, 0.25) is 0 Å². The average molecular weight is 386 g/mol. The monoisotopic (exact) mass is 386 g/mol. The van der Waals surface area contributed by atoms with E-state index in [2.05, 4.69) is 31.7 Å². The molecule has 1 fully saturated rings. The summed E-state index contributed by atoms with van der Waals surface area (Å²) in [6, 6.07) is 14.8. The van der Waals surface area contributed by atoms with Crippen LogP contribution in [0.1, 0.15) is 18.4 Å². The van der Waals surface area contributed by atoms with Gasteiger partial charge in [-0.3, -0.25) is 4.90 Å². The van der Waals surface area contributed by atoms with Gasteiger partial charge in [0.1, 0.15) is 0 Å². The summed E-state index contributed by atoms with van der Waals surface area (Å²) in [5.41, 5.74) is 2.00. The Balaban J connectivity index is 1.39. The van der Waals surface area contributed by atoms with E-state index in [0.29, 0.717) is 11.0 Å². The van der Waals surface area contributed by atoms with Gasteiger partial charge < -0.3 is 9.97 Å². The van der Waals surface area contributed by atoms with Crippen LogP contribution in [-0.4, -0.2) is 42.4 Å². The van der Waals surface area contributed by atoms with E-state index in [1.165, 1.54) is 17.7 Å². The van der Waals surface area contributed by atoms with Crippen LogP contribution < -0.4 is 10.4 Å². The first-order chi connectivity index (χ1) is 13.0. The van der Waals surface area contributed by atoms with Gasteiger partial charge in [0.2, 0.25) is 10.0 Å². The number of benzene rings is 2. The molecule has 0 bridgehead atoms. The maximum atomic E-state index is 12.7. The van der Waals surface area contributed by atoms with Gasteiger partial charge in [-0.15, -0.1) is 0 Å². The Morgan fingerprint density at radius 1 is 1.00 bits per heavy atom. The van der Waals surface area contributed by atoms with Crippen LogP contribution in [-0.2, 0) is 16.6 Å². The number of rotatable bonds is 5. The topological polar surface area (TPSA) is 98.1 Å². The molecule has 0 spiro atoms. The van der Waals surface area contributed by atoms with Crippen LogP contribution in [0.25, 0.3) is 11.0 Å². The molecule has 2 aromatic carbocycles. The second kappa shape index (κ2) is 7.30. The van der Waals surface area contributed by atoms with E-state index in [1.807, 2.05) is 18.2 Å². The number of piperidine rings is 1. The number of likely N-dealkylation sites (tertiary alicyclic amines) is 1. The molecule has 3 N–H and O–H groups in total. The molecule has 0 unspecified atom stereocenters. The van der Waals surface area contributed by atoms with E-state index in [0.717, 1.165) is 32.5 Å². The Bertz CT molecular complexity index is 1080. The summed E-state index contributed by atoms with van der Waals surface area (Å²) in [6.07, 6.45) is 1.55. The number of nitrogens with one attached hydrogen (secondary N) is 3. The van der Waals surface area contributed by atoms with Crippen molar-refractivity contribution in [3.05, 3.63) is 64.6 Å². The molecule has 2 heterocycles. The summed E-state index contributed by atoms with van der Waals surface area (Å²) in [4.78, 5) is 19.1. The highest BCUT2D eigenvalue weighted by atomic mass is 32.2. The predicted octanol–water partition coefficient (Wildman–Crippen LogP) is 1.80. The highest BCUT2D eigenvalue weighted by Crippen LogP contribution is 2.19. The van der Waals surface area contributed by atoms with E-state index in [9.17, 15) is 13.2 Å². The fourth-order valence-corrected chi connectivity index (χ4v) is 4.85. The van der Waals surface area contributed by atoms with Crippen molar-refractivity contribution < 1.29 is 8.42 Å². The van der Waals surface area contributed by atoms with Gasteiger partial charge in [-0.25, -0.2) is 17.9 Å². The van der Waals surface area contributed by atoms with E-state index in [1.54, 1.807) is 6.07 Å². The number of aromatic nitrogens is 2. The van der Waals surface area contributed by atoms with Crippen molar-refractivity contribution in [3.8, 4) is 0 Å². The maximum Gasteiger partial charge on any atom is 0.323 e. The molecule has 142 valence electrons. The fourth-order valence-electron chi connectivity index (χ4n) is 3.52. The molecule has 1 aliphatic rings. The minimum absolute atomic E-state index is 0.0806. The molecule has 1 aromatic heterocycles. The third-order valence-electron chi connectivity index (χ3n) is 4.96. The molecule has 0 aliphatic carbocycles. The normalized spacial score (nSPS) is 16.7. The van der Waals surface area contributed by atoms with Crippen LogP contribution in [0.15, 0.2) is 58.2 Å². The van der Waals surface area contributed by atoms with Gasteiger partial charge in [0.25, 0.3) is 0 Å². The van der Waals surface area contributed by atoms with Gasteiger partial charge in [-0.2, -0.15) is 0 Å². The van der Waals surface area contributed by atoms with Crippen molar-refractivity contribution in [2.24, 2.45) is 0 Å². The second-order valence-corrected chi connectivity index (χ2v) is 8.66. The third kappa shape index (κ3) is 4.13. The first-order valence-electron chi connectivity index (χ1n) is 9.00. The van der Waals surface area contributed by atoms with Crippen LogP contribution in [0.5, 0.6) is 0 Å². The van der Waals surface area contributed by atoms with Gasteiger partial charge >= 0.3 is 5.69 Å². The fraction of sp³-hybridized carbons (Fsp3) is 0.316. The van der Waals surface area contributed by atoms with Crippen LogP contribution in [0, 0.1) is 0 Å². The van der Waals surface area contributed by atoms with Crippen LogP contribution >= 0.6 is 0 Å². The minimum Gasteiger partial charge on any atom is -0.306 e. The SMILES string of the molecule is O=c1[nH]c2ccc(S(=O)(=O)NC3CCN(Cc4ccccc4)CC3)cc2[nH]1. The highest BCUT2D eigenvalue weighted by Gasteiger charge is 2.25. The lowest BCUT2D eigenvalue weighted by Gasteiger charge is -2.32. The number of hydrogen-bond donors (Lipinski definition) is 3. The Morgan fingerprint density at radius 2 is 1.70 bits per heavy atom. The zero-order chi connectivity index (χ0) is 18.9. The Morgan fingerprint density at radius 3 is 2.44 bits per heavy atom. The molecule has 7 nitrogen and oxygen atoms in total. The molecule has 0 radical (unpaired) electrons. The zero-order valence-corrected chi connectivity index (χ0v) is 15.6. The van der Waals surface area contributed by atoms with Crippen LogP contribution in [0.3, 0.4) is 0 Å². The molecule has 3 aromatic rings. The third-order valence-corrected chi connectivity index (χ3v) is 6.47. The largest absolute Gasteiger partial charge is 0.323 e. The quantitative estimate of drug-likeness (QED) is 0.623. The standard InChI is InChI=1S/C19H22N4O3S/c24-19-20-17-7-6-16(12-18(17)21-19)27(25,26)22-15-8-10-23(11-9-15)13-14-4-2-1-3-5-14/h1-7,12,15,22H,8-11,13H2,(H2,20,21,24). The highest BCUT2D eigenvalue weighted by molar-refractivity contribution is 7.89. The first-order valence-corrected chi connectivity index (χ1v) is 10.5. The van der Waals surface area contributed by atoms with Crippen molar-refractivity contribution >= 4 is 21.1 Å². The number of imidazole rings is 1. The molecule has 0 atom stereocenters. The number of H-pyrrole nitrogens is 2. The zero-order valence-electron chi connectivity index (χ0n) is 14.8. The van der Waals surface area contributed by atoms with E-state index in [-0.39, 0.29) is 16.6 Å². The Hall–Kier alpha value is -2.42. The summed E-state index contributed by atoms with van der Waals surface area (Å²) < 4.78 is 28.2. The molecule has 1 saturated heterocycles. The average Bonchev–Trinajstić information content (AvgIpc) is 3.03. The summed E-state index contributed by atoms with van der Waals surface area (Å²) in [5, 5.41) is 0. The molecule has 8 heteroatoms. The molecular weight excluding hydrogens is 364 g/mol. The molecule has 4 rings (SSSR count). The molecule has 27 heavy (non-hydrogen) atoms. The molecule has 0 amide bonds. The number of aromatic amines is 2. The summed E-state index contributed by atoms with van der Waals surface area (Å²) in [6.45, 7) is 2.59. The van der Waals surface area contributed by atoms with E-state index >= 15 is 0 Å². The number of nitrogens with zero attached hydrogens (tertiary/aromatic N) is 1. The van der Waals surface area contributed by atoms with Crippen LogP contribution in [0.4, 0.5) is 0 Å². The van der Waals surface area contributed by atoms with Gasteiger partial charge in [0.15, 0.2) is 0 Å². The van der Waals surface area contributed by atoms with Crippen molar-refractivity contribution in [2.45, 2.75) is 30.3 Å². The Kier molecular flexibility index (Phi) is 4.86. The number of fused-ring (bicyclic) bond motifs is 1. The summed E-state index contributed by atoms with van der Waals surface area (Å²) in [7, 11) is -3.62. The molecular formula is C19H22N4O3S. The number of hydrogen-bond acceptors (Lipinski definition) is 4. The lowest BCUT2D eigenvalue weighted by atomic mass is 10.1. The minimum atomic E-state index is -3.62. The van der Waals surface area contributed by atoms with Crippen molar-refractivity contribution in [3.63, 3.8) is 0 Å². The van der Waals surface area contributed by atoms with Crippen molar-refractivity contribution in [1.29, 1.82) is 0 Å². The van der Waals surface area contributed by atoms with E-state index in [4.69, 9.17) is 0 Å². The summed E-state index contributed by atoms with van der Waals surface area (Å²) in [5.74, 6) is 0. The lowest BCUT2D eigenvalue weighted by Crippen LogP contribution is -2.44.